The first kappa shape index (κ1) is 27.6. The first-order chi connectivity index (χ1) is 20.5. The summed E-state index contributed by atoms with van der Waals surface area (Å²) < 4.78 is 19.0. The van der Waals surface area contributed by atoms with Crippen molar-refractivity contribution >= 4 is 16.7 Å². The molecule has 42 heavy (non-hydrogen) atoms. The summed E-state index contributed by atoms with van der Waals surface area (Å²) in [6, 6.07) is 33.9. The van der Waals surface area contributed by atoms with Crippen LogP contribution in [0.15, 0.2) is 112 Å². The van der Waals surface area contributed by atoms with Crippen molar-refractivity contribution in [1.29, 1.82) is 0 Å². The van der Waals surface area contributed by atoms with E-state index in [9.17, 15) is 4.79 Å². The topological polar surface area (TPSA) is 55.2 Å². The minimum atomic E-state index is -0.125. The molecular weight excluding hydrogens is 524 g/mol. The second-order valence-electron chi connectivity index (χ2n) is 11.0. The summed E-state index contributed by atoms with van der Waals surface area (Å²) in [5.41, 5.74) is 4.32. The molecule has 1 aliphatic rings. The van der Waals surface area contributed by atoms with Crippen molar-refractivity contribution in [2.75, 3.05) is 32.1 Å². The number of ether oxygens (including phenoxy) is 2. The molecule has 0 bridgehead atoms. The molecule has 0 aliphatic carbocycles. The molecule has 6 nitrogen and oxygen atoms in total. The minimum Gasteiger partial charge on any atom is -0.485 e. The Labute approximate surface area is 246 Å². The fraction of sp³-hybridized carbons (Fsp3) is 0.250. The van der Waals surface area contributed by atoms with Crippen LogP contribution in [0.1, 0.15) is 24.0 Å². The van der Waals surface area contributed by atoms with E-state index in [4.69, 9.17) is 13.9 Å². The van der Waals surface area contributed by atoms with E-state index in [-0.39, 0.29) is 5.43 Å². The third-order valence-electron chi connectivity index (χ3n) is 7.99. The zero-order chi connectivity index (χ0) is 28.9. The lowest BCUT2D eigenvalue weighted by molar-refractivity contribution is 0.249. The smallest absolute Gasteiger partial charge is 0.205 e. The summed E-state index contributed by atoms with van der Waals surface area (Å²) in [5, 5.41) is 0.453. The molecule has 0 spiro atoms. The number of rotatable bonds is 9. The average molecular weight is 561 g/mol. The van der Waals surface area contributed by atoms with E-state index in [1.807, 2.05) is 72.8 Å². The van der Waals surface area contributed by atoms with Crippen LogP contribution in [-0.2, 0) is 13.2 Å². The third kappa shape index (κ3) is 6.19. The Morgan fingerprint density at radius 3 is 2.02 bits per heavy atom. The molecular formula is C36H36N2O4. The van der Waals surface area contributed by atoms with Gasteiger partial charge in [0.15, 0.2) is 16.8 Å². The Morgan fingerprint density at radius 2 is 1.40 bits per heavy atom. The van der Waals surface area contributed by atoms with Crippen LogP contribution >= 0.6 is 0 Å². The zero-order valence-corrected chi connectivity index (χ0v) is 24.2. The molecule has 0 saturated carbocycles. The van der Waals surface area contributed by atoms with Gasteiger partial charge in [-0.15, -0.1) is 0 Å². The highest BCUT2D eigenvalue weighted by Gasteiger charge is 2.21. The first-order valence-electron chi connectivity index (χ1n) is 14.5. The van der Waals surface area contributed by atoms with Crippen LogP contribution in [0.4, 0.5) is 5.69 Å². The van der Waals surface area contributed by atoms with Crippen LogP contribution < -0.4 is 19.8 Å². The molecule has 1 saturated heterocycles. The van der Waals surface area contributed by atoms with Crippen molar-refractivity contribution < 1.29 is 13.9 Å². The van der Waals surface area contributed by atoms with Gasteiger partial charge in [0.05, 0.1) is 5.39 Å². The van der Waals surface area contributed by atoms with Gasteiger partial charge < -0.3 is 23.7 Å². The van der Waals surface area contributed by atoms with E-state index < -0.39 is 0 Å². The largest absolute Gasteiger partial charge is 0.485 e. The van der Waals surface area contributed by atoms with Crippen LogP contribution in [0.5, 0.6) is 11.5 Å². The predicted molar refractivity (Wildman–Crippen MR) is 168 cm³/mol. The summed E-state index contributed by atoms with van der Waals surface area (Å²) in [7, 11) is 4.31. The van der Waals surface area contributed by atoms with Gasteiger partial charge in [0.2, 0.25) is 5.75 Å². The zero-order valence-electron chi connectivity index (χ0n) is 24.2. The van der Waals surface area contributed by atoms with Crippen molar-refractivity contribution in [3.63, 3.8) is 0 Å². The Bertz CT molecular complexity index is 1670. The van der Waals surface area contributed by atoms with Crippen molar-refractivity contribution in [2.24, 2.45) is 0 Å². The van der Waals surface area contributed by atoms with Crippen LogP contribution in [0.25, 0.3) is 22.3 Å². The molecule has 6 heteroatoms. The normalized spacial score (nSPS) is 13.9. The fourth-order valence-corrected chi connectivity index (χ4v) is 5.51. The molecule has 0 N–H and O–H groups in total. The fourth-order valence-electron chi connectivity index (χ4n) is 5.51. The highest BCUT2D eigenvalue weighted by atomic mass is 16.5. The first-order valence-corrected chi connectivity index (χ1v) is 14.5. The van der Waals surface area contributed by atoms with Gasteiger partial charge in [-0.1, -0.05) is 60.7 Å². The van der Waals surface area contributed by atoms with E-state index in [0.717, 1.165) is 42.6 Å². The third-order valence-corrected chi connectivity index (χ3v) is 7.99. The maximum Gasteiger partial charge on any atom is 0.205 e. The highest BCUT2D eigenvalue weighted by Crippen LogP contribution is 2.38. The van der Waals surface area contributed by atoms with E-state index in [2.05, 4.69) is 36.0 Å². The van der Waals surface area contributed by atoms with Crippen molar-refractivity contribution in [3.05, 3.63) is 124 Å². The Balaban J connectivity index is 1.32. The number of hydrogen-bond donors (Lipinski definition) is 0. The Morgan fingerprint density at radius 1 is 0.786 bits per heavy atom. The molecule has 0 atom stereocenters. The maximum absolute atomic E-state index is 13.3. The van der Waals surface area contributed by atoms with Gasteiger partial charge >= 0.3 is 0 Å². The van der Waals surface area contributed by atoms with Gasteiger partial charge in [-0.05, 0) is 74.5 Å². The van der Waals surface area contributed by atoms with Crippen LogP contribution in [-0.4, -0.2) is 38.1 Å². The standard InChI is InChI=1S/C36H36N2O4/c1-37(2)29-19-21-38(22-20-29)30-15-13-28(14-16-30)34-23-32(39)31-17-18-33(40-24-26-9-5-3-6-10-26)36(35(31)42-34)41-25-27-11-7-4-8-12-27/h3-18,23,29H,19-22,24-25H2,1-2H3. The monoisotopic (exact) mass is 560 g/mol. The molecule has 0 unspecified atom stereocenters. The lowest BCUT2D eigenvalue weighted by Gasteiger charge is -2.36. The summed E-state index contributed by atoms with van der Waals surface area (Å²) in [6.45, 7) is 2.74. The molecule has 214 valence electrons. The van der Waals surface area contributed by atoms with E-state index in [1.165, 1.54) is 5.69 Å². The summed E-state index contributed by atoms with van der Waals surface area (Å²) in [5.74, 6) is 1.45. The number of nitrogens with zero attached hydrogens (tertiary/aromatic N) is 2. The molecule has 5 aromatic rings. The van der Waals surface area contributed by atoms with Gasteiger partial charge in [-0.3, -0.25) is 4.79 Å². The number of benzene rings is 4. The molecule has 1 aliphatic heterocycles. The van der Waals surface area contributed by atoms with Gasteiger partial charge in [0.1, 0.15) is 19.0 Å². The van der Waals surface area contributed by atoms with E-state index >= 15 is 0 Å². The van der Waals surface area contributed by atoms with Crippen LogP contribution in [0, 0.1) is 0 Å². The second kappa shape index (κ2) is 12.5. The molecule has 0 radical (unpaired) electrons. The summed E-state index contributed by atoms with van der Waals surface area (Å²) in [4.78, 5) is 18.1. The van der Waals surface area contributed by atoms with E-state index in [0.29, 0.717) is 47.5 Å². The molecule has 4 aromatic carbocycles. The van der Waals surface area contributed by atoms with Crippen molar-refractivity contribution in [2.45, 2.75) is 32.1 Å². The molecule has 1 fully saturated rings. The number of fused-ring (bicyclic) bond motifs is 1. The number of anilines is 1. The van der Waals surface area contributed by atoms with Gasteiger partial charge in [0, 0.05) is 36.4 Å². The second-order valence-corrected chi connectivity index (χ2v) is 11.0. The SMILES string of the molecule is CN(C)C1CCN(c2ccc(-c3cc(=O)c4ccc(OCc5ccccc5)c(OCc5ccccc5)c4o3)cc2)CC1. The predicted octanol–water partition coefficient (Wildman–Crippen LogP) is 7.15. The highest BCUT2D eigenvalue weighted by molar-refractivity contribution is 5.86. The molecule has 0 amide bonds. The molecule has 1 aromatic heterocycles. The van der Waals surface area contributed by atoms with Crippen molar-refractivity contribution in [3.8, 4) is 22.8 Å². The molecule has 2 heterocycles. The average Bonchev–Trinajstić information content (AvgIpc) is 3.04. The minimum absolute atomic E-state index is 0.125. The number of hydrogen-bond acceptors (Lipinski definition) is 6. The maximum atomic E-state index is 13.3. The molecule has 6 rings (SSSR count). The van der Waals surface area contributed by atoms with E-state index in [1.54, 1.807) is 18.2 Å². The summed E-state index contributed by atoms with van der Waals surface area (Å²) in [6.07, 6.45) is 2.30. The lowest BCUT2D eigenvalue weighted by atomic mass is 10.0. The Hall–Kier alpha value is -4.55. The van der Waals surface area contributed by atoms with Gasteiger partial charge in [0.25, 0.3) is 0 Å². The quantitative estimate of drug-likeness (QED) is 0.191. The van der Waals surface area contributed by atoms with Gasteiger partial charge in [-0.2, -0.15) is 0 Å². The van der Waals surface area contributed by atoms with Crippen molar-refractivity contribution in [1.82, 2.24) is 4.90 Å². The van der Waals surface area contributed by atoms with Crippen LogP contribution in [0.2, 0.25) is 0 Å². The Kier molecular flexibility index (Phi) is 8.24. The number of piperidine rings is 1. The lowest BCUT2D eigenvalue weighted by Crippen LogP contribution is -2.41. The van der Waals surface area contributed by atoms with Crippen LogP contribution in [0.3, 0.4) is 0 Å². The summed E-state index contributed by atoms with van der Waals surface area (Å²) >= 11 is 0. The van der Waals surface area contributed by atoms with Gasteiger partial charge in [-0.25, -0.2) is 0 Å².